The van der Waals surface area contributed by atoms with Crippen LogP contribution in [0.15, 0.2) is 36.4 Å². The number of hydrogen-bond donors (Lipinski definition) is 2. The van der Waals surface area contributed by atoms with E-state index in [1.165, 1.54) is 0 Å². The number of aryl methyl sites for hydroxylation is 1. The van der Waals surface area contributed by atoms with Crippen molar-refractivity contribution in [2.75, 3.05) is 11.9 Å². The van der Waals surface area contributed by atoms with E-state index in [9.17, 15) is 0 Å². The molecule has 5 heteroatoms. The molecule has 0 aliphatic rings. The van der Waals surface area contributed by atoms with Gasteiger partial charge in [0.25, 0.3) is 0 Å². The molecule has 0 aliphatic carbocycles. The lowest BCUT2D eigenvalue weighted by atomic mass is 10.2. The molecule has 0 bridgehead atoms. The Kier molecular flexibility index (Phi) is 4.53. The third-order valence-electron chi connectivity index (χ3n) is 2.71. The maximum atomic E-state index is 5.72. The van der Waals surface area contributed by atoms with Crippen molar-refractivity contribution in [2.45, 2.75) is 13.8 Å². The van der Waals surface area contributed by atoms with Gasteiger partial charge in [-0.25, -0.2) is 4.98 Å². The first-order valence-corrected chi connectivity index (χ1v) is 6.78. The number of hydrogen-bond acceptors (Lipinski definition) is 4. The zero-order valence-corrected chi connectivity index (χ0v) is 12.3. The number of nitrogens with zero attached hydrogens (tertiary/aromatic N) is 1. The van der Waals surface area contributed by atoms with Crippen LogP contribution in [0, 0.1) is 6.92 Å². The predicted molar refractivity (Wildman–Crippen MR) is 85.8 cm³/mol. The summed E-state index contributed by atoms with van der Waals surface area (Å²) in [6.45, 7) is 4.50. The van der Waals surface area contributed by atoms with E-state index in [2.05, 4.69) is 10.3 Å². The first kappa shape index (κ1) is 14.3. The fourth-order valence-corrected chi connectivity index (χ4v) is 1.98. The number of nitrogens with one attached hydrogen (secondary N) is 1. The first-order valence-electron chi connectivity index (χ1n) is 6.37. The third-order valence-corrected chi connectivity index (χ3v) is 2.93. The molecule has 1 aromatic heterocycles. The monoisotopic (exact) mass is 287 g/mol. The van der Waals surface area contributed by atoms with E-state index in [1.54, 1.807) is 0 Å². The van der Waals surface area contributed by atoms with Gasteiger partial charge in [-0.1, -0.05) is 18.3 Å². The molecule has 0 amide bonds. The molecule has 2 rings (SSSR count). The van der Waals surface area contributed by atoms with Gasteiger partial charge in [-0.05, 0) is 38.1 Å². The number of thiocarbonyl (C=S) groups is 1. The minimum atomic E-state index is 0.320. The zero-order valence-electron chi connectivity index (χ0n) is 11.5. The summed E-state index contributed by atoms with van der Waals surface area (Å²) in [6, 6.07) is 11.4. The largest absolute Gasteiger partial charge is 0.494 e. The molecule has 1 aromatic carbocycles. The lowest BCUT2D eigenvalue weighted by molar-refractivity contribution is 0.340. The van der Waals surface area contributed by atoms with Crippen LogP contribution < -0.4 is 15.8 Å². The van der Waals surface area contributed by atoms with Crippen LogP contribution in [0.1, 0.15) is 18.2 Å². The second-order valence-corrected chi connectivity index (χ2v) is 4.74. The summed E-state index contributed by atoms with van der Waals surface area (Å²) in [7, 11) is 0. The van der Waals surface area contributed by atoms with Gasteiger partial charge >= 0.3 is 0 Å². The SMILES string of the molecule is CCOc1cccc(Nc2nc(C)ccc2C(N)=S)c1. The quantitative estimate of drug-likeness (QED) is 0.827. The van der Waals surface area contributed by atoms with Gasteiger partial charge in [-0.3, -0.25) is 0 Å². The van der Waals surface area contributed by atoms with Crippen LogP contribution in [0.3, 0.4) is 0 Å². The Bertz CT molecular complexity index is 628. The number of ether oxygens (including phenoxy) is 1. The lowest BCUT2D eigenvalue weighted by Crippen LogP contribution is -2.13. The van der Waals surface area contributed by atoms with Crippen LogP contribution in [-0.4, -0.2) is 16.6 Å². The van der Waals surface area contributed by atoms with E-state index in [-0.39, 0.29) is 0 Å². The lowest BCUT2D eigenvalue weighted by Gasteiger charge is -2.12. The molecule has 0 spiro atoms. The summed E-state index contributed by atoms with van der Waals surface area (Å²) >= 11 is 5.05. The molecule has 20 heavy (non-hydrogen) atoms. The third kappa shape index (κ3) is 3.45. The predicted octanol–water partition coefficient (Wildman–Crippen LogP) is 3.17. The molecular weight excluding hydrogens is 270 g/mol. The minimum absolute atomic E-state index is 0.320. The smallest absolute Gasteiger partial charge is 0.140 e. The van der Waals surface area contributed by atoms with Gasteiger partial charge in [0, 0.05) is 17.4 Å². The van der Waals surface area contributed by atoms with Crippen LogP contribution in [0.25, 0.3) is 0 Å². The van der Waals surface area contributed by atoms with Crippen molar-refractivity contribution in [2.24, 2.45) is 5.73 Å². The number of nitrogens with two attached hydrogens (primary N) is 1. The Morgan fingerprint density at radius 2 is 2.15 bits per heavy atom. The number of benzene rings is 1. The summed E-state index contributed by atoms with van der Waals surface area (Å²) in [5.74, 6) is 1.47. The van der Waals surface area contributed by atoms with E-state index in [4.69, 9.17) is 22.7 Å². The Hall–Kier alpha value is -2.14. The molecule has 0 unspecified atom stereocenters. The van der Waals surface area contributed by atoms with Crippen LogP contribution >= 0.6 is 12.2 Å². The van der Waals surface area contributed by atoms with Gasteiger partial charge in [-0.2, -0.15) is 0 Å². The Morgan fingerprint density at radius 3 is 2.85 bits per heavy atom. The highest BCUT2D eigenvalue weighted by molar-refractivity contribution is 7.80. The van der Waals surface area contributed by atoms with Gasteiger partial charge in [0.15, 0.2) is 0 Å². The molecule has 0 atom stereocenters. The highest BCUT2D eigenvalue weighted by Crippen LogP contribution is 2.23. The number of aromatic nitrogens is 1. The second kappa shape index (κ2) is 6.34. The van der Waals surface area contributed by atoms with Crippen molar-refractivity contribution in [3.8, 4) is 5.75 Å². The van der Waals surface area contributed by atoms with Gasteiger partial charge in [0.1, 0.15) is 16.6 Å². The van der Waals surface area contributed by atoms with Crippen molar-refractivity contribution in [3.05, 3.63) is 47.7 Å². The fourth-order valence-electron chi connectivity index (χ4n) is 1.82. The molecule has 2 aromatic rings. The summed E-state index contributed by atoms with van der Waals surface area (Å²) < 4.78 is 5.47. The molecule has 0 fully saturated rings. The molecular formula is C15H17N3OS. The Morgan fingerprint density at radius 1 is 1.35 bits per heavy atom. The minimum Gasteiger partial charge on any atom is -0.494 e. The number of pyridine rings is 1. The summed E-state index contributed by atoms with van der Waals surface area (Å²) in [6.07, 6.45) is 0. The number of anilines is 2. The second-order valence-electron chi connectivity index (χ2n) is 4.30. The van der Waals surface area contributed by atoms with Gasteiger partial charge in [-0.15, -0.1) is 0 Å². The van der Waals surface area contributed by atoms with Crippen molar-refractivity contribution in [1.82, 2.24) is 4.98 Å². The average Bonchev–Trinajstić information content (AvgIpc) is 2.39. The topological polar surface area (TPSA) is 60.2 Å². The summed E-state index contributed by atoms with van der Waals surface area (Å²) in [4.78, 5) is 4.77. The standard InChI is InChI=1S/C15H17N3OS/c1-3-19-12-6-4-5-11(9-12)18-15-13(14(16)20)8-7-10(2)17-15/h4-9H,3H2,1-2H3,(H2,16,20)(H,17,18). The average molecular weight is 287 g/mol. The van der Waals surface area contributed by atoms with Crippen LogP contribution in [-0.2, 0) is 0 Å². The van der Waals surface area contributed by atoms with Crippen molar-refractivity contribution < 1.29 is 4.74 Å². The molecule has 0 aliphatic heterocycles. The maximum Gasteiger partial charge on any atom is 0.140 e. The van der Waals surface area contributed by atoms with Gasteiger partial charge in [0.05, 0.1) is 12.2 Å². The Labute approximate surface area is 124 Å². The summed E-state index contributed by atoms with van der Waals surface area (Å²) in [5, 5.41) is 3.23. The van der Waals surface area contributed by atoms with Crippen molar-refractivity contribution in [1.29, 1.82) is 0 Å². The van der Waals surface area contributed by atoms with E-state index in [1.807, 2.05) is 50.2 Å². The highest BCUT2D eigenvalue weighted by atomic mass is 32.1. The highest BCUT2D eigenvalue weighted by Gasteiger charge is 2.08. The molecule has 4 nitrogen and oxygen atoms in total. The van der Waals surface area contributed by atoms with Crippen LogP contribution in [0.2, 0.25) is 0 Å². The maximum absolute atomic E-state index is 5.72. The molecule has 1 heterocycles. The molecule has 3 N–H and O–H groups in total. The van der Waals surface area contributed by atoms with Gasteiger partial charge in [0.2, 0.25) is 0 Å². The summed E-state index contributed by atoms with van der Waals surface area (Å²) in [5.41, 5.74) is 8.23. The van der Waals surface area contributed by atoms with E-state index in [0.717, 1.165) is 22.7 Å². The van der Waals surface area contributed by atoms with Crippen LogP contribution in [0.4, 0.5) is 11.5 Å². The van der Waals surface area contributed by atoms with Crippen molar-refractivity contribution in [3.63, 3.8) is 0 Å². The van der Waals surface area contributed by atoms with E-state index in [0.29, 0.717) is 17.4 Å². The van der Waals surface area contributed by atoms with Crippen molar-refractivity contribution >= 4 is 28.7 Å². The Balaban J connectivity index is 2.31. The van der Waals surface area contributed by atoms with Gasteiger partial charge < -0.3 is 15.8 Å². The molecule has 0 saturated heterocycles. The van der Waals surface area contributed by atoms with Crippen LogP contribution in [0.5, 0.6) is 5.75 Å². The normalized spacial score (nSPS) is 10.1. The first-order chi connectivity index (χ1) is 9.60. The van der Waals surface area contributed by atoms with E-state index < -0.39 is 0 Å². The molecule has 0 radical (unpaired) electrons. The number of rotatable bonds is 5. The zero-order chi connectivity index (χ0) is 14.5. The molecule has 0 saturated carbocycles. The van der Waals surface area contributed by atoms with E-state index >= 15 is 0 Å². The fraction of sp³-hybridized carbons (Fsp3) is 0.200. The molecule has 104 valence electrons.